The van der Waals surface area contributed by atoms with Crippen LogP contribution in [0.3, 0.4) is 0 Å². The molecular formula is C14H20N4O2. The molecule has 0 aromatic carbocycles. The Bertz CT molecular complexity index is 517. The van der Waals surface area contributed by atoms with Gasteiger partial charge in [-0.2, -0.15) is 0 Å². The molecule has 0 radical (unpaired) electrons. The van der Waals surface area contributed by atoms with E-state index in [-0.39, 0.29) is 0 Å². The third-order valence-electron chi connectivity index (χ3n) is 3.60. The zero-order valence-corrected chi connectivity index (χ0v) is 11.7. The van der Waals surface area contributed by atoms with Crippen molar-refractivity contribution in [3.05, 3.63) is 24.3 Å². The van der Waals surface area contributed by atoms with Crippen molar-refractivity contribution in [1.82, 2.24) is 20.4 Å². The van der Waals surface area contributed by atoms with Crippen LogP contribution in [0.1, 0.15) is 25.7 Å². The van der Waals surface area contributed by atoms with Crippen molar-refractivity contribution in [2.75, 3.05) is 19.6 Å². The average Bonchev–Trinajstić information content (AvgIpc) is 3.20. The lowest BCUT2D eigenvalue weighted by atomic mass is 10.2. The quantitative estimate of drug-likeness (QED) is 0.869. The SMILES string of the molecule is CCCN(Cc1nnc(-c2ccco2)o1)C1CCNC1. The van der Waals surface area contributed by atoms with Gasteiger partial charge in [0.2, 0.25) is 5.89 Å². The zero-order chi connectivity index (χ0) is 13.8. The first-order valence-corrected chi connectivity index (χ1v) is 7.18. The van der Waals surface area contributed by atoms with Gasteiger partial charge < -0.3 is 14.2 Å². The Morgan fingerprint density at radius 1 is 1.45 bits per heavy atom. The molecule has 1 fully saturated rings. The highest BCUT2D eigenvalue weighted by Crippen LogP contribution is 2.19. The van der Waals surface area contributed by atoms with Gasteiger partial charge in [0.1, 0.15) is 0 Å². The van der Waals surface area contributed by atoms with Crippen LogP contribution < -0.4 is 5.32 Å². The standard InChI is InChI=1S/C14H20N4O2/c1-2-7-18(11-5-6-15-9-11)10-13-16-17-14(20-13)12-4-3-8-19-12/h3-4,8,11,15H,2,5-7,9-10H2,1H3. The molecule has 2 aromatic rings. The normalized spacial score (nSPS) is 19.0. The molecule has 1 saturated heterocycles. The fourth-order valence-corrected chi connectivity index (χ4v) is 2.62. The fraction of sp³-hybridized carbons (Fsp3) is 0.571. The van der Waals surface area contributed by atoms with E-state index in [2.05, 4.69) is 27.3 Å². The van der Waals surface area contributed by atoms with E-state index < -0.39 is 0 Å². The number of hydrogen-bond acceptors (Lipinski definition) is 6. The summed E-state index contributed by atoms with van der Waals surface area (Å²) >= 11 is 0. The van der Waals surface area contributed by atoms with Gasteiger partial charge in [-0.1, -0.05) is 6.92 Å². The van der Waals surface area contributed by atoms with Gasteiger partial charge in [-0.25, -0.2) is 0 Å². The van der Waals surface area contributed by atoms with Gasteiger partial charge in [0.15, 0.2) is 5.76 Å². The first-order valence-electron chi connectivity index (χ1n) is 7.18. The van der Waals surface area contributed by atoms with Gasteiger partial charge in [-0.15, -0.1) is 10.2 Å². The molecule has 1 atom stereocenters. The van der Waals surface area contributed by atoms with Crippen molar-refractivity contribution in [1.29, 1.82) is 0 Å². The van der Waals surface area contributed by atoms with Crippen molar-refractivity contribution < 1.29 is 8.83 Å². The maximum absolute atomic E-state index is 5.69. The molecule has 0 aliphatic carbocycles. The van der Waals surface area contributed by atoms with Crippen molar-refractivity contribution in [2.45, 2.75) is 32.4 Å². The fourth-order valence-electron chi connectivity index (χ4n) is 2.62. The van der Waals surface area contributed by atoms with Crippen LogP contribution in [-0.4, -0.2) is 40.8 Å². The van der Waals surface area contributed by atoms with Crippen LogP contribution in [0, 0.1) is 0 Å². The Labute approximate surface area is 118 Å². The predicted molar refractivity (Wildman–Crippen MR) is 74.0 cm³/mol. The Balaban J connectivity index is 1.68. The number of nitrogens with zero attached hydrogens (tertiary/aromatic N) is 3. The summed E-state index contributed by atoms with van der Waals surface area (Å²) in [5, 5.41) is 11.6. The largest absolute Gasteiger partial charge is 0.459 e. The van der Waals surface area contributed by atoms with Gasteiger partial charge in [0.25, 0.3) is 5.89 Å². The number of rotatable bonds is 6. The third kappa shape index (κ3) is 2.91. The van der Waals surface area contributed by atoms with Crippen molar-refractivity contribution in [3.63, 3.8) is 0 Å². The molecule has 6 nitrogen and oxygen atoms in total. The highest BCUT2D eigenvalue weighted by atomic mass is 16.4. The Morgan fingerprint density at radius 3 is 3.10 bits per heavy atom. The van der Waals surface area contributed by atoms with Crippen molar-refractivity contribution in [3.8, 4) is 11.7 Å². The number of nitrogens with one attached hydrogen (secondary N) is 1. The van der Waals surface area contributed by atoms with Crippen LogP contribution in [0.2, 0.25) is 0 Å². The van der Waals surface area contributed by atoms with E-state index in [0.717, 1.165) is 26.1 Å². The van der Waals surface area contributed by atoms with Crippen LogP contribution in [0.5, 0.6) is 0 Å². The Hall–Kier alpha value is -1.66. The van der Waals surface area contributed by atoms with Crippen LogP contribution in [-0.2, 0) is 6.54 Å². The Morgan fingerprint density at radius 2 is 2.40 bits per heavy atom. The molecule has 2 aromatic heterocycles. The molecule has 1 N–H and O–H groups in total. The van der Waals surface area contributed by atoms with E-state index in [9.17, 15) is 0 Å². The third-order valence-corrected chi connectivity index (χ3v) is 3.60. The minimum Gasteiger partial charge on any atom is -0.459 e. The first kappa shape index (κ1) is 13.3. The maximum Gasteiger partial charge on any atom is 0.283 e. The van der Waals surface area contributed by atoms with E-state index in [4.69, 9.17) is 8.83 Å². The zero-order valence-electron chi connectivity index (χ0n) is 11.7. The minimum atomic E-state index is 0.450. The maximum atomic E-state index is 5.69. The number of aromatic nitrogens is 2. The number of hydrogen-bond donors (Lipinski definition) is 1. The molecule has 6 heteroatoms. The molecule has 20 heavy (non-hydrogen) atoms. The second-order valence-corrected chi connectivity index (χ2v) is 5.10. The highest BCUT2D eigenvalue weighted by molar-refractivity contribution is 5.42. The molecule has 0 amide bonds. The van der Waals surface area contributed by atoms with Crippen LogP contribution in [0.4, 0.5) is 0 Å². The summed E-state index contributed by atoms with van der Waals surface area (Å²) in [5.41, 5.74) is 0. The van der Waals surface area contributed by atoms with E-state index >= 15 is 0 Å². The molecule has 1 aliphatic heterocycles. The monoisotopic (exact) mass is 276 g/mol. The molecule has 108 valence electrons. The predicted octanol–water partition coefficient (Wildman–Crippen LogP) is 1.90. The summed E-state index contributed by atoms with van der Waals surface area (Å²) in [6, 6.07) is 4.20. The second-order valence-electron chi connectivity index (χ2n) is 5.10. The van der Waals surface area contributed by atoms with E-state index in [1.807, 2.05) is 12.1 Å². The van der Waals surface area contributed by atoms with Gasteiger partial charge in [-0.05, 0) is 38.1 Å². The first-order chi connectivity index (χ1) is 9.86. The smallest absolute Gasteiger partial charge is 0.283 e. The summed E-state index contributed by atoms with van der Waals surface area (Å²) in [4.78, 5) is 2.42. The van der Waals surface area contributed by atoms with Crippen LogP contribution >= 0.6 is 0 Å². The lowest BCUT2D eigenvalue weighted by Gasteiger charge is -2.26. The highest BCUT2D eigenvalue weighted by Gasteiger charge is 2.23. The van der Waals surface area contributed by atoms with Gasteiger partial charge >= 0.3 is 0 Å². The topological polar surface area (TPSA) is 67.3 Å². The van der Waals surface area contributed by atoms with Gasteiger partial charge in [-0.3, -0.25) is 4.90 Å². The minimum absolute atomic E-state index is 0.450. The summed E-state index contributed by atoms with van der Waals surface area (Å²) in [6.07, 6.45) is 3.90. The summed E-state index contributed by atoms with van der Waals surface area (Å²) in [5.74, 6) is 1.72. The molecule has 0 saturated carbocycles. The lowest BCUT2D eigenvalue weighted by molar-refractivity contribution is 0.181. The average molecular weight is 276 g/mol. The van der Waals surface area contributed by atoms with Crippen LogP contribution in [0.25, 0.3) is 11.7 Å². The molecule has 0 bridgehead atoms. The second kappa shape index (κ2) is 6.19. The number of furan rings is 1. The van der Waals surface area contributed by atoms with Crippen LogP contribution in [0.15, 0.2) is 27.2 Å². The molecule has 3 heterocycles. The van der Waals surface area contributed by atoms with Crippen molar-refractivity contribution in [2.24, 2.45) is 0 Å². The summed E-state index contributed by atoms with van der Waals surface area (Å²) in [7, 11) is 0. The Kier molecular flexibility index (Phi) is 4.13. The van der Waals surface area contributed by atoms with Gasteiger partial charge in [0.05, 0.1) is 12.8 Å². The lowest BCUT2D eigenvalue weighted by Crippen LogP contribution is -2.37. The van der Waals surface area contributed by atoms with E-state index in [1.54, 1.807) is 6.26 Å². The summed E-state index contributed by atoms with van der Waals surface area (Å²) in [6.45, 7) is 6.07. The van der Waals surface area contributed by atoms with Gasteiger partial charge in [0, 0.05) is 12.6 Å². The molecule has 1 aliphatic rings. The molecule has 1 unspecified atom stereocenters. The van der Waals surface area contributed by atoms with E-state index in [1.165, 1.54) is 6.42 Å². The van der Waals surface area contributed by atoms with E-state index in [0.29, 0.717) is 30.1 Å². The summed E-state index contributed by atoms with van der Waals surface area (Å²) < 4.78 is 11.0. The molecular weight excluding hydrogens is 256 g/mol. The molecule has 0 spiro atoms. The molecule has 3 rings (SSSR count). The van der Waals surface area contributed by atoms with Crippen molar-refractivity contribution >= 4 is 0 Å².